The largest absolute Gasteiger partial charge is 0.313 e. The molecule has 1 aromatic heterocycles. The van der Waals surface area contributed by atoms with Crippen molar-refractivity contribution in [3.8, 4) is 0 Å². The van der Waals surface area contributed by atoms with Crippen LogP contribution in [-0.4, -0.2) is 36.1 Å². The zero-order valence-electron chi connectivity index (χ0n) is 10.3. The Bertz CT molecular complexity index is 350. The van der Waals surface area contributed by atoms with E-state index in [4.69, 9.17) is 11.6 Å². The first-order valence-corrected chi connectivity index (χ1v) is 6.64. The molecule has 94 valence electrons. The van der Waals surface area contributed by atoms with Crippen molar-refractivity contribution in [3.05, 3.63) is 29.0 Å². The highest BCUT2D eigenvalue weighted by Crippen LogP contribution is 2.16. The highest BCUT2D eigenvalue weighted by molar-refractivity contribution is 6.31. The van der Waals surface area contributed by atoms with Crippen molar-refractivity contribution in [2.45, 2.75) is 31.8 Å². The Morgan fingerprint density at radius 2 is 2.41 bits per heavy atom. The average molecular weight is 254 g/mol. The fourth-order valence-electron chi connectivity index (χ4n) is 2.34. The topological polar surface area (TPSA) is 28.2 Å². The van der Waals surface area contributed by atoms with Gasteiger partial charge in [0.1, 0.15) is 0 Å². The Morgan fingerprint density at radius 3 is 3.12 bits per heavy atom. The fourth-order valence-corrected chi connectivity index (χ4v) is 2.52. The molecule has 0 aliphatic carbocycles. The number of nitrogens with one attached hydrogen (secondary N) is 1. The highest BCUT2D eigenvalue weighted by Gasteiger charge is 2.15. The van der Waals surface area contributed by atoms with E-state index in [1.165, 1.54) is 19.3 Å². The number of halogens is 1. The summed E-state index contributed by atoms with van der Waals surface area (Å²) < 4.78 is 0. The van der Waals surface area contributed by atoms with E-state index in [-0.39, 0.29) is 0 Å². The zero-order valence-corrected chi connectivity index (χ0v) is 11.1. The van der Waals surface area contributed by atoms with Gasteiger partial charge in [-0.25, -0.2) is 0 Å². The minimum absolute atomic E-state index is 0.634. The summed E-state index contributed by atoms with van der Waals surface area (Å²) in [6.45, 7) is 3.13. The molecule has 1 saturated heterocycles. The molecule has 0 saturated carbocycles. The highest BCUT2D eigenvalue weighted by atomic mass is 35.5. The van der Waals surface area contributed by atoms with E-state index in [9.17, 15) is 0 Å². The van der Waals surface area contributed by atoms with Crippen molar-refractivity contribution in [3.63, 3.8) is 0 Å². The summed E-state index contributed by atoms with van der Waals surface area (Å²) in [7, 11) is 2.15. The number of piperidine rings is 1. The maximum absolute atomic E-state index is 6.11. The monoisotopic (exact) mass is 253 g/mol. The van der Waals surface area contributed by atoms with Gasteiger partial charge in [-0.05, 0) is 38.1 Å². The number of hydrogen-bond donors (Lipinski definition) is 1. The van der Waals surface area contributed by atoms with Crippen molar-refractivity contribution >= 4 is 11.6 Å². The zero-order chi connectivity index (χ0) is 12.1. The van der Waals surface area contributed by atoms with Crippen molar-refractivity contribution in [1.29, 1.82) is 0 Å². The first kappa shape index (κ1) is 12.8. The number of nitrogens with zero attached hydrogens (tertiary/aromatic N) is 2. The van der Waals surface area contributed by atoms with Crippen LogP contribution in [-0.2, 0) is 6.54 Å². The van der Waals surface area contributed by atoms with Crippen molar-refractivity contribution < 1.29 is 0 Å². The molecule has 1 aliphatic heterocycles. The van der Waals surface area contributed by atoms with E-state index in [2.05, 4.69) is 22.2 Å². The van der Waals surface area contributed by atoms with Gasteiger partial charge in [0.2, 0.25) is 0 Å². The quantitative estimate of drug-likeness (QED) is 0.893. The van der Waals surface area contributed by atoms with Crippen LogP contribution in [0, 0.1) is 0 Å². The molecule has 1 fully saturated rings. The fraction of sp³-hybridized carbons (Fsp3) is 0.615. The van der Waals surface area contributed by atoms with Crippen LogP contribution in [0.2, 0.25) is 5.02 Å². The van der Waals surface area contributed by atoms with Gasteiger partial charge in [-0.15, -0.1) is 0 Å². The predicted molar refractivity (Wildman–Crippen MR) is 71.2 cm³/mol. The Kier molecular flexibility index (Phi) is 4.77. The molecular formula is C13H20ClN3. The van der Waals surface area contributed by atoms with E-state index in [1.54, 1.807) is 12.4 Å². The van der Waals surface area contributed by atoms with Crippen LogP contribution < -0.4 is 5.32 Å². The van der Waals surface area contributed by atoms with Gasteiger partial charge < -0.3 is 10.2 Å². The van der Waals surface area contributed by atoms with Crippen LogP contribution in [0.5, 0.6) is 0 Å². The molecule has 2 heterocycles. The second-order valence-electron chi connectivity index (χ2n) is 4.81. The van der Waals surface area contributed by atoms with E-state index >= 15 is 0 Å². The minimum atomic E-state index is 0.634. The molecule has 1 N–H and O–H groups in total. The van der Waals surface area contributed by atoms with Crippen LogP contribution in [0.1, 0.15) is 24.8 Å². The molecule has 1 unspecified atom stereocenters. The van der Waals surface area contributed by atoms with E-state index in [1.807, 2.05) is 6.07 Å². The molecular weight excluding hydrogens is 234 g/mol. The summed E-state index contributed by atoms with van der Waals surface area (Å²) in [4.78, 5) is 6.33. The van der Waals surface area contributed by atoms with Crippen LogP contribution in [0.25, 0.3) is 0 Å². The van der Waals surface area contributed by atoms with Gasteiger partial charge in [0.25, 0.3) is 0 Å². The molecule has 0 spiro atoms. The lowest BCUT2D eigenvalue weighted by atomic mass is 10.0. The SMILES string of the molecule is CN(Cc1ccncc1Cl)CC1CCCCN1. The van der Waals surface area contributed by atoms with Crippen LogP contribution in [0.15, 0.2) is 18.5 Å². The van der Waals surface area contributed by atoms with Crippen molar-refractivity contribution in [1.82, 2.24) is 15.2 Å². The first-order valence-electron chi connectivity index (χ1n) is 6.26. The summed E-state index contributed by atoms with van der Waals surface area (Å²) in [6.07, 6.45) is 7.46. The number of hydrogen-bond acceptors (Lipinski definition) is 3. The predicted octanol–water partition coefficient (Wildman–Crippen LogP) is 2.31. The number of aromatic nitrogens is 1. The maximum Gasteiger partial charge on any atom is 0.0634 e. The lowest BCUT2D eigenvalue weighted by Gasteiger charge is -2.28. The third kappa shape index (κ3) is 3.95. The average Bonchev–Trinajstić information content (AvgIpc) is 2.33. The van der Waals surface area contributed by atoms with E-state index in [0.29, 0.717) is 6.04 Å². The first-order chi connectivity index (χ1) is 8.25. The van der Waals surface area contributed by atoms with E-state index in [0.717, 1.165) is 30.2 Å². The molecule has 3 nitrogen and oxygen atoms in total. The minimum Gasteiger partial charge on any atom is -0.313 e. The molecule has 0 bridgehead atoms. The summed E-state index contributed by atoms with van der Waals surface area (Å²) in [5.74, 6) is 0. The van der Waals surface area contributed by atoms with Gasteiger partial charge in [0.15, 0.2) is 0 Å². The molecule has 0 aromatic carbocycles. The van der Waals surface area contributed by atoms with E-state index < -0.39 is 0 Å². The molecule has 1 aromatic rings. The van der Waals surface area contributed by atoms with Gasteiger partial charge in [0, 0.05) is 31.5 Å². The van der Waals surface area contributed by atoms with Crippen LogP contribution >= 0.6 is 11.6 Å². The maximum atomic E-state index is 6.11. The van der Waals surface area contributed by atoms with Gasteiger partial charge in [-0.1, -0.05) is 18.0 Å². The summed E-state index contributed by atoms with van der Waals surface area (Å²) in [5, 5.41) is 4.32. The number of pyridine rings is 1. The molecule has 0 radical (unpaired) electrons. The number of rotatable bonds is 4. The van der Waals surface area contributed by atoms with Gasteiger partial charge in [-0.2, -0.15) is 0 Å². The second-order valence-corrected chi connectivity index (χ2v) is 5.22. The second kappa shape index (κ2) is 6.34. The Labute approximate surface area is 108 Å². The molecule has 1 aliphatic rings. The van der Waals surface area contributed by atoms with Crippen LogP contribution in [0.3, 0.4) is 0 Å². The molecule has 2 rings (SSSR count). The van der Waals surface area contributed by atoms with Gasteiger partial charge >= 0.3 is 0 Å². The smallest absolute Gasteiger partial charge is 0.0634 e. The van der Waals surface area contributed by atoms with Crippen molar-refractivity contribution in [2.24, 2.45) is 0 Å². The lowest BCUT2D eigenvalue weighted by molar-refractivity contribution is 0.256. The molecule has 4 heteroatoms. The third-order valence-electron chi connectivity index (χ3n) is 3.24. The Morgan fingerprint density at radius 1 is 1.53 bits per heavy atom. The van der Waals surface area contributed by atoms with Crippen LogP contribution in [0.4, 0.5) is 0 Å². The molecule has 0 amide bonds. The third-order valence-corrected chi connectivity index (χ3v) is 3.58. The van der Waals surface area contributed by atoms with Gasteiger partial charge in [0.05, 0.1) is 5.02 Å². The summed E-state index contributed by atoms with van der Waals surface area (Å²) in [5.41, 5.74) is 1.15. The summed E-state index contributed by atoms with van der Waals surface area (Å²) >= 11 is 6.11. The molecule has 17 heavy (non-hydrogen) atoms. The Balaban J connectivity index is 1.84. The van der Waals surface area contributed by atoms with Crippen molar-refractivity contribution in [2.75, 3.05) is 20.1 Å². The lowest BCUT2D eigenvalue weighted by Crippen LogP contribution is -2.42. The number of likely N-dealkylation sites (N-methyl/N-ethyl adjacent to an activating group) is 1. The Hall–Kier alpha value is -0.640. The summed E-state index contributed by atoms with van der Waals surface area (Å²) in [6, 6.07) is 2.63. The van der Waals surface area contributed by atoms with Gasteiger partial charge in [-0.3, -0.25) is 4.98 Å². The normalized spacial score (nSPS) is 20.8. The molecule has 1 atom stereocenters. The standard InChI is InChI=1S/C13H20ClN3/c1-17(10-12-4-2-3-6-16-12)9-11-5-7-15-8-13(11)14/h5,7-8,12,16H,2-4,6,9-10H2,1H3.